The molecule has 0 radical (unpaired) electrons. The summed E-state index contributed by atoms with van der Waals surface area (Å²) in [4.78, 5) is 17.5. The van der Waals surface area contributed by atoms with Gasteiger partial charge < -0.3 is 10.8 Å². The lowest BCUT2D eigenvalue weighted by Crippen LogP contribution is -2.26. The lowest BCUT2D eigenvalue weighted by atomic mass is 10.2. The highest BCUT2D eigenvalue weighted by molar-refractivity contribution is 5.80. The van der Waals surface area contributed by atoms with Crippen LogP contribution >= 0.6 is 0 Å². The van der Waals surface area contributed by atoms with Crippen molar-refractivity contribution in [3.8, 4) is 5.82 Å². The molecule has 1 unspecified atom stereocenters. The number of hydrogen-bond donors (Lipinski definition) is 2. The minimum Gasteiger partial charge on any atom is -0.373 e. The number of nitrogens with two attached hydrogens (primary N) is 1. The van der Waals surface area contributed by atoms with Gasteiger partial charge in [-0.25, -0.2) is 4.98 Å². The SMILES string of the molecule is CC(O)n1c(=O)c2c(-n3cc(C4(N)CC4)nn3)ncn2c2ccccc21. The summed E-state index contributed by atoms with van der Waals surface area (Å²) < 4.78 is 4.53. The first kappa shape index (κ1) is 15.2. The predicted molar refractivity (Wildman–Crippen MR) is 93.9 cm³/mol. The minimum absolute atomic E-state index is 0.322. The summed E-state index contributed by atoms with van der Waals surface area (Å²) in [5, 5.41) is 18.4. The molecule has 26 heavy (non-hydrogen) atoms. The zero-order valence-corrected chi connectivity index (χ0v) is 14.1. The van der Waals surface area contributed by atoms with Crippen molar-refractivity contribution in [2.45, 2.75) is 31.5 Å². The largest absolute Gasteiger partial charge is 0.373 e. The molecule has 1 aromatic carbocycles. The lowest BCUT2D eigenvalue weighted by Gasteiger charge is -2.14. The van der Waals surface area contributed by atoms with Crippen LogP contribution in [0.3, 0.4) is 0 Å². The molecule has 9 heteroatoms. The van der Waals surface area contributed by atoms with Crippen molar-refractivity contribution in [3.05, 3.63) is 52.8 Å². The molecule has 132 valence electrons. The second-order valence-corrected chi connectivity index (χ2v) is 6.79. The second kappa shape index (κ2) is 4.99. The van der Waals surface area contributed by atoms with Crippen molar-refractivity contribution in [2.75, 3.05) is 0 Å². The van der Waals surface area contributed by atoms with Crippen molar-refractivity contribution >= 4 is 16.6 Å². The molecule has 1 fully saturated rings. The summed E-state index contributed by atoms with van der Waals surface area (Å²) in [6.07, 6.45) is 4.06. The van der Waals surface area contributed by atoms with E-state index in [4.69, 9.17) is 5.73 Å². The first-order valence-corrected chi connectivity index (χ1v) is 8.40. The quantitative estimate of drug-likeness (QED) is 0.561. The van der Waals surface area contributed by atoms with Crippen LogP contribution in [-0.4, -0.2) is 34.1 Å². The van der Waals surface area contributed by atoms with Gasteiger partial charge in [-0.3, -0.25) is 13.8 Å². The molecule has 5 rings (SSSR count). The average Bonchev–Trinajstić information content (AvgIpc) is 3.03. The van der Waals surface area contributed by atoms with Crippen LogP contribution in [0.5, 0.6) is 0 Å². The maximum absolute atomic E-state index is 13.1. The molecule has 4 aromatic rings. The first-order chi connectivity index (χ1) is 12.5. The number of benzene rings is 1. The summed E-state index contributed by atoms with van der Waals surface area (Å²) in [5.74, 6) is 0.359. The van der Waals surface area contributed by atoms with Crippen LogP contribution in [0.15, 0.2) is 41.6 Å². The molecule has 1 saturated carbocycles. The van der Waals surface area contributed by atoms with Gasteiger partial charge in [0.05, 0.1) is 22.8 Å². The van der Waals surface area contributed by atoms with Gasteiger partial charge in [0.15, 0.2) is 11.3 Å². The molecule has 0 saturated heterocycles. The summed E-state index contributed by atoms with van der Waals surface area (Å²) in [5.41, 5.74) is 7.81. The average molecular weight is 351 g/mol. The van der Waals surface area contributed by atoms with Crippen molar-refractivity contribution in [3.63, 3.8) is 0 Å². The van der Waals surface area contributed by atoms with E-state index in [0.717, 1.165) is 18.4 Å². The summed E-state index contributed by atoms with van der Waals surface area (Å²) >= 11 is 0. The topological polar surface area (TPSA) is 116 Å². The molecule has 3 heterocycles. The summed E-state index contributed by atoms with van der Waals surface area (Å²) in [7, 11) is 0. The van der Waals surface area contributed by atoms with E-state index in [-0.39, 0.29) is 5.56 Å². The van der Waals surface area contributed by atoms with Gasteiger partial charge in [0.2, 0.25) is 0 Å². The molecule has 0 bridgehead atoms. The number of hydrogen-bond acceptors (Lipinski definition) is 6. The third kappa shape index (κ3) is 1.98. The Balaban J connectivity index is 1.83. The lowest BCUT2D eigenvalue weighted by molar-refractivity contribution is 0.126. The summed E-state index contributed by atoms with van der Waals surface area (Å²) in [6.45, 7) is 1.55. The van der Waals surface area contributed by atoms with Crippen LogP contribution in [0.25, 0.3) is 22.4 Å². The molecular formula is C17H17N7O2. The predicted octanol–water partition coefficient (Wildman–Crippen LogP) is 0.688. The highest BCUT2D eigenvalue weighted by atomic mass is 16.3. The van der Waals surface area contributed by atoms with E-state index in [9.17, 15) is 9.90 Å². The summed E-state index contributed by atoms with van der Waals surface area (Å²) in [6, 6.07) is 7.36. The van der Waals surface area contributed by atoms with E-state index < -0.39 is 11.8 Å². The van der Waals surface area contributed by atoms with Crippen molar-refractivity contribution < 1.29 is 5.11 Å². The molecule has 1 aliphatic carbocycles. The molecule has 0 aliphatic heterocycles. The van der Waals surface area contributed by atoms with Gasteiger partial charge in [0.25, 0.3) is 5.56 Å². The Morgan fingerprint density at radius 1 is 1.27 bits per heavy atom. The van der Waals surface area contributed by atoms with E-state index in [1.165, 1.54) is 9.25 Å². The van der Waals surface area contributed by atoms with Gasteiger partial charge in [-0.05, 0) is 31.9 Å². The van der Waals surface area contributed by atoms with Gasteiger partial charge in [-0.15, -0.1) is 5.10 Å². The minimum atomic E-state index is -0.981. The Morgan fingerprint density at radius 2 is 2.00 bits per heavy atom. The Kier molecular flexibility index (Phi) is 2.92. The number of aromatic nitrogens is 6. The smallest absolute Gasteiger partial charge is 0.281 e. The third-order valence-corrected chi connectivity index (χ3v) is 4.95. The first-order valence-electron chi connectivity index (χ1n) is 8.40. The standard InChI is InChI=1S/C17H17N7O2/c1-10(25)24-12-5-3-2-4-11(12)22-9-19-15(14(22)16(24)26)23-8-13(20-21-23)17(18)6-7-17/h2-5,8-10,25H,6-7,18H2,1H3. The van der Waals surface area contributed by atoms with Crippen LogP contribution in [-0.2, 0) is 5.54 Å². The fourth-order valence-electron chi connectivity index (χ4n) is 3.34. The number of aliphatic hydroxyl groups excluding tert-OH is 1. The number of aliphatic hydroxyl groups is 1. The normalized spacial score (nSPS) is 17.0. The monoisotopic (exact) mass is 351 g/mol. The van der Waals surface area contributed by atoms with E-state index in [1.54, 1.807) is 29.9 Å². The number of imidazole rings is 1. The number of nitrogens with zero attached hydrogens (tertiary/aromatic N) is 6. The molecule has 1 atom stereocenters. The number of rotatable bonds is 3. The zero-order chi connectivity index (χ0) is 18.1. The van der Waals surface area contributed by atoms with Gasteiger partial charge >= 0.3 is 0 Å². The van der Waals surface area contributed by atoms with Gasteiger partial charge in [0, 0.05) is 0 Å². The molecule has 0 amide bonds. The van der Waals surface area contributed by atoms with Gasteiger partial charge in [-0.1, -0.05) is 17.3 Å². The number of fused-ring (bicyclic) bond motifs is 3. The van der Waals surface area contributed by atoms with E-state index in [0.29, 0.717) is 22.5 Å². The van der Waals surface area contributed by atoms with Crippen LogP contribution < -0.4 is 11.3 Å². The molecule has 0 spiro atoms. The van der Waals surface area contributed by atoms with Crippen molar-refractivity contribution in [1.29, 1.82) is 0 Å². The maximum atomic E-state index is 13.1. The Morgan fingerprint density at radius 3 is 2.69 bits per heavy atom. The molecule has 9 nitrogen and oxygen atoms in total. The zero-order valence-electron chi connectivity index (χ0n) is 14.1. The molecule has 1 aliphatic rings. The molecule has 3 aromatic heterocycles. The van der Waals surface area contributed by atoms with Gasteiger partial charge in [-0.2, -0.15) is 4.68 Å². The fraction of sp³-hybridized carbons (Fsp3) is 0.294. The highest BCUT2D eigenvalue weighted by Gasteiger charge is 2.43. The van der Waals surface area contributed by atoms with Crippen molar-refractivity contribution in [2.24, 2.45) is 5.73 Å². The van der Waals surface area contributed by atoms with Crippen LogP contribution in [0.2, 0.25) is 0 Å². The number of para-hydroxylation sites is 2. The Hall–Kier alpha value is -3.04. The van der Waals surface area contributed by atoms with Gasteiger partial charge in [0.1, 0.15) is 18.2 Å². The van der Waals surface area contributed by atoms with E-state index in [1.807, 2.05) is 18.2 Å². The third-order valence-electron chi connectivity index (χ3n) is 4.95. The highest BCUT2D eigenvalue weighted by Crippen LogP contribution is 2.41. The second-order valence-electron chi connectivity index (χ2n) is 6.79. The van der Waals surface area contributed by atoms with Crippen LogP contribution in [0.4, 0.5) is 0 Å². The molecule has 3 N–H and O–H groups in total. The maximum Gasteiger partial charge on any atom is 0.281 e. The fourth-order valence-corrected chi connectivity index (χ4v) is 3.34. The van der Waals surface area contributed by atoms with E-state index >= 15 is 0 Å². The Labute approximate surface area is 147 Å². The van der Waals surface area contributed by atoms with Crippen molar-refractivity contribution in [1.82, 2.24) is 28.9 Å². The van der Waals surface area contributed by atoms with Crippen LogP contribution in [0, 0.1) is 0 Å². The Bertz CT molecular complexity index is 1210. The van der Waals surface area contributed by atoms with E-state index in [2.05, 4.69) is 15.3 Å². The molecular weight excluding hydrogens is 334 g/mol. The van der Waals surface area contributed by atoms with Crippen LogP contribution in [0.1, 0.15) is 31.7 Å².